The van der Waals surface area contributed by atoms with E-state index < -0.39 is 0 Å². The summed E-state index contributed by atoms with van der Waals surface area (Å²) in [5.74, 6) is 0.941. The molecule has 0 radical (unpaired) electrons. The molecule has 19 heavy (non-hydrogen) atoms. The van der Waals surface area contributed by atoms with Crippen LogP contribution in [0.3, 0.4) is 0 Å². The highest BCUT2D eigenvalue weighted by atomic mass is 32.1. The van der Waals surface area contributed by atoms with Crippen molar-refractivity contribution in [2.75, 3.05) is 20.2 Å². The predicted octanol–water partition coefficient (Wildman–Crippen LogP) is 1.98. The zero-order valence-electron chi connectivity index (χ0n) is 11.7. The molecule has 0 amide bonds. The van der Waals surface area contributed by atoms with Crippen LogP contribution in [0.1, 0.15) is 18.7 Å². The van der Waals surface area contributed by atoms with E-state index in [0.717, 1.165) is 49.7 Å². The Morgan fingerprint density at radius 1 is 1.47 bits per heavy atom. The van der Waals surface area contributed by atoms with E-state index in [1.54, 1.807) is 7.11 Å². The Bertz CT molecular complexity index is 485. The standard InChI is InChI=1S/C13H22N4OS/c1-4-7-16-11(2)14-17(13(16)19)10-15-8-5-12(18-3)6-9-15/h4,12H,1,5-10H2,2-3H3. The zero-order valence-corrected chi connectivity index (χ0v) is 12.5. The first-order chi connectivity index (χ1) is 9.15. The van der Waals surface area contributed by atoms with Crippen molar-refractivity contribution in [3.63, 3.8) is 0 Å². The summed E-state index contributed by atoms with van der Waals surface area (Å²) in [6, 6.07) is 0. The van der Waals surface area contributed by atoms with Crippen molar-refractivity contribution in [3.8, 4) is 0 Å². The van der Waals surface area contributed by atoms with Crippen molar-refractivity contribution in [3.05, 3.63) is 23.3 Å². The average Bonchev–Trinajstić information content (AvgIpc) is 2.68. The fraction of sp³-hybridized carbons (Fsp3) is 0.692. The number of hydrogen-bond acceptors (Lipinski definition) is 4. The molecule has 6 heteroatoms. The van der Waals surface area contributed by atoms with Gasteiger partial charge >= 0.3 is 0 Å². The Labute approximate surface area is 119 Å². The van der Waals surface area contributed by atoms with Crippen LogP contribution in [0.4, 0.5) is 0 Å². The van der Waals surface area contributed by atoms with E-state index in [9.17, 15) is 0 Å². The molecule has 2 rings (SSSR count). The van der Waals surface area contributed by atoms with Crippen molar-refractivity contribution in [2.24, 2.45) is 0 Å². The maximum absolute atomic E-state index is 5.46. The van der Waals surface area contributed by atoms with E-state index in [4.69, 9.17) is 17.0 Å². The molecule has 2 heterocycles. The van der Waals surface area contributed by atoms with Crippen LogP contribution in [0.25, 0.3) is 0 Å². The predicted molar refractivity (Wildman–Crippen MR) is 77.6 cm³/mol. The van der Waals surface area contributed by atoms with Gasteiger partial charge in [-0.3, -0.25) is 4.90 Å². The molecule has 0 aromatic carbocycles. The summed E-state index contributed by atoms with van der Waals surface area (Å²) in [6.45, 7) is 9.29. The highest BCUT2D eigenvalue weighted by Crippen LogP contribution is 2.13. The summed E-state index contributed by atoms with van der Waals surface area (Å²) < 4.78 is 10.1. The van der Waals surface area contributed by atoms with E-state index in [2.05, 4.69) is 16.6 Å². The van der Waals surface area contributed by atoms with Crippen LogP contribution in [0.15, 0.2) is 12.7 Å². The molecule has 1 saturated heterocycles. The first-order valence-electron chi connectivity index (χ1n) is 6.66. The van der Waals surface area contributed by atoms with E-state index in [0.29, 0.717) is 6.10 Å². The summed E-state index contributed by atoms with van der Waals surface area (Å²) >= 11 is 5.46. The van der Waals surface area contributed by atoms with Gasteiger partial charge in [0.05, 0.1) is 12.8 Å². The van der Waals surface area contributed by atoms with Crippen molar-refractivity contribution in [1.82, 2.24) is 19.2 Å². The van der Waals surface area contributed by atoms with Crippen molar-refractivity contribution in [1.29, 1.82) is 0 Å². The molecule has 5 nitrogen and oxygen atoms in total. The van der Waals surface area contributed by atoms with E-state index in [-0.39, 0.29) is 0 Å². The van der Waals surface area contributed by atoms with Crippen molar-refractivity contribution in [2.45, 2.75) is 39.1 Å². The second kappa shape index (κ2) is 6.45. The average molecular weight is 282 g/mol. The third-order valence-corrected chi connectivity index (χ3v) is 4.05. The number of rotatable bonds is 5. The van der Waals surface area contributed by atoms with Crippen LogP contribution in [0, 0.1) is 11.7 Å². The molecule has 106 valence electrons. The lowest BCUT2D eigenvalue weighted by atomic mass is 10.1. The molecule has 1 aromatic heterocycles. The summed E-state index contributed by atoms with van der Waals surface area (Å²) in [6.07, 6.45) is 4.41. The molecule has 0 N–H and O–H groups in total. The van der Waals surface area contributed by atoms with Crippen LogP contribution in [-0.2, 0) is 18.0 Å². The molecule has 0 aliphatic carbocycles. The number of piperidine rings is 1. The maximum Gasteiger partial charge on any atom is 0.199 e. The third-order valence-electron chi connectivity index (χ3n) is 3.62. The first kappa shape index (κ1) is 14.4. The summed E-state index contributed by atoms with van der Waals surface area (Å²) in [4.78, 5) is 2.37. The van der Waals surface area contributed by atoms with E-state index >= 15 is 0 Å². The van der Waals surface area contributed by atoms with Gasteiger partial charge in [0, 0.05) is 26.7 Å². The number of allylic oxidation sites excluding steroid dienone is 1. The van der Waals surface area contributed by atoms with Crippen LogP contribution in [0.5, 0.6) is 0 Å². The maximum atomic E-state index is 5.46. The van der Waals surface area contributed by atoms with Gasteiger partial charge in [-0.2, -0.15) is 5.10 Å². The molecular formula is C13H22N4OS. The molecular weight excluding hydrogens is 260 g/mol. The minimum absolute atomic E-state index is 0.407. The fourth-order valence-corrected chi connectivity index (χ4v) is 2.76. The van der Waals surface area contributed by atoms with Gasteiger partial charge in [-0.15, -0.1) is 6.58 Å². The number of nitrogens with zero attached hydrogens (tertiary/aromatic N) is 4. The second-order valence-electron chi connectivity index (χ2n) is 4.92. The summed E-state index contributed by atoms with van der Waals surface area (Å²) in [7, 11) is 1.79. The quantitative estimate of drug-likeness (QED) is 0.611. The lowest BCUT2D eigenvalue weighted by molar-refractivity contribution is 0.0301. The lowest BCUT2D eigenvalue weighted by Gasteiger charge is -2.30. The third kappa shape index (κ3) is 3.32. The molecule has 1 aliphatic rings. The second-order valence-corrected chi connectivity index (χ2v) is 5.29. The fourth-order valence-electron chi connectivity index (χ4n) is 2.46. The highest BCUT2D eigenvalue weighted by Gasteiger charge is 2.19. The minimum atomic E-state index is 0.407. The van der Waals surface area contributed by atoms with Crippen LogP contribution >= 0.6 is 12.2 Å². The van der Waals surface area contributed by atoms with Crippen LogP contribution < -0.4 is 0 Å². The molecule has 0 unspecified atom stereocenters. The van der Waals surface area contributed by atoms with Crippen LogP contribution in [-0.4, -0.2) is 45.6 Å². The number of aromatic nitrogens is 3. The first-order valence-corrected chi connectivity index (χ1v) is 7.06. The monoisotopic (exact) mass is 282 g/mol. The van der Waals surface area contributed by atoms with Crippen molar-refractivity contribution < 1.29 is 4.74 Å². The van der Waals surface area contributed by atoms with E-state index in [1.807, 2.05) is 22.2 Å². The van der Waals surface area contributed by atoms with Gasteiger partial charge in [-0.1, -0.05) is 6.08 Å². The molecule has 0 saturated carbocycles. The highest BCUT2D eigenvalue weighted by molar-refractivity contribution is 7.71. The van der Waals surface area contributed by atoms with Gasteiger partial charge in [0.1, 0.15) is 5.82 Å². The van der Waals surface area contributed by atoms with Gasteiger partial charge in [-0.25, -0.2) is 4.68 Å². The molecule has 0 atom stereocenters. The Balaban J connectivity index is 2.02. The molecule has 0 bridgehead atoms. The molecule has 1 fully saturated rings. The van der Waals surface area contributed by atoms with E-state index in [1.165, 1.54) is 0 Å². The molecule has 1 aliphatic heterocycles. The van der Waals surface area contributed by atoms with Crippen molar-refractivity contribution >= 4 is 12.2 Å². The Kier molecular flexibility index (Phi) is 4.90. The lowest BCUT2D eigenvalue weighted by Crippen LogP contribution is -2.38. The number of hydrogen-bond donors (Lipinski definition) is 0. The number of ether oxygens (including phenoxy) is 1. The van der Waals surface area contributed by atoms with Gasteiger partial charge < -0.3 is 9.30 Å². The number of aryl methyl sites for hydroxylation is 1. The van der Waals surface area contributed by atoms with Crippen LogP contribution in [0.2, 0.25) is 0 Å². The topological polar surface area (TPSA) is 35.2 Å². The molecule has 0 spiro atoms. The molecule has 1 aromatic rings. The summed E-state index contributed by atoms with van der Waals surface area (Å²) in [5, 5.41) is 4.52. The Morgan fingerprint density at radius 2 is 2.16 bits per heavy atom. The number of likely N-dealkylation sites (tertiary alicyclic amines) is 1. The Hall–Kier alpha value is -0.980. The smallest absolute Gasteiger partial charge is 0.199 e. The minimum Gasteiger partial charge on any atom is -0.381 e. The number of methoxy groups -OCH3 is 1. The summed E-state index contributed by atoms with van der Waals surface area (Å²) in [5.41, 5.74) is 0. The SMILES string of the molecule is C=CCn1c(C)nn(CN2CCC(OC)CC2)c1=S. The largest absolute Gasteiger partial charge is 0.381 e. The van der Waals surface area contributed by atoms with Gasteiger partial charge in [0.15, 0.2) is 4.77 Å². The van der Waals surface area contributed by atoms with Gasteiger partial charge in [0.2, 0.25) is 0 Å². The normalized spacial score (nSPS) is 17.8. The Morgan fingerprint density at radius 3 is 2.74 bits per heavy atom. The zero-order chi connectivity index (χ0) is 13.8. The van der Waals surface area contributed by atoms with Gasteiger partial charge in [0.25, 0.3) is 0 Å². The van der Waals surface area contributed by atoms with Gasteiger partial charge in [-0.05, 0) is 32.0 Å².